The van der Waals surface area contributed by atoms with Gasteiger partial charge >= 0.3 is 0 Å². The second kappa shape index (κ2) is 5.63. The van der Waals surface area contributed by atoms with E-state index in [1.807, 2.05) is 22.7 Å². The summed E-state index contributed by atoms with van der Waals surface area (Å²) >= 11 is 3.66. The fourth-order valence-corrected chi connectivity index (χ4v) is 5.92. The maximum absolute atomic E-state index is 5.03. The first kappa shape index (κ1) is 16.0. The third kappa shape index (κ3) is 2.46. The highest BCUT2D eigenvalue weighted by Crippen LogP contribution is 2.42. The number of hydrogen-bond donors (Lipinski definition) is 0. The van der Waals surface area contributed by atoms with Crippen molar-refractivity contribution in [2.75, 3.05) is 0 Å². The zero-order chi connectivity index (χ0) is 17.9. The number of hydrogen-bond acceptors (Lipinski definition) is 3. The van der Waals surface area contributed by atoms with Gasteiger partial charge in [-0.2, -0.15) is 0 Å². The highest BCUT2D eigenvalue weighted by molar-refractivity contribution is 7.42. The first-order valence-corrected chi connectivity index (χ1v) is 10.5. The molecule has 0 spiro atoms. The number of fused-ring (bicyclic) bond motifs is 4. The van der Waals surface area contributed by atoms with Crippen LogP contribution in [0.25, 0.3) is 41.0 Å². The van der Waals surface area contributed by atoms with Gasteiger partial charge in [0.05, 0.1) is 0 Å². The Kier molecular flexibility index (Phi) is 3.46. The molecule has 5 rings (SSSR count). The summed E-state index contributed by atoms with van der Waals surface area (Å²) in [5, 5.41) is 5.02. The molecule has 0 N–H and O–H groups in total. The molecule has 0 amide bonds. The van der Waals surface area contributed by atoms with Crippen LogP contribution >= 0.6 is 22.7 Å². The van der Waals surface area contributed by atoms with Crippen molar-refractivity contribution in [3.8, 4) is 10.6 Å². The summed E-state index contributed by atoms with van der Waals surface area (Å²) in [5.74, 6) is 0. The monoisotopic (exact) mass is 373 g/mol. The van der Waals surface area contributed by atoms with Crippen molar-refractivity contribution in [2.24, 2.45) is 0 Å². The van der Waals surface area contributed by atoms with Crippen LogP contribution in [0.4, 0.5) is 0 Å². The normalized spacial score (nSPS) is 12.4. The lowest BCUT2D eigenvalue weighted by Gasteiger charge is -2.22. The van der Waals surface area contributed by atoms with Crippen LogP contribution in [0.1, 0.15) is 26.3 Å². The van der Waals surface area contributed by atoms with Crippen LogP contribution in [0.5, 0.6) is 0 Å². The zero-order valence-electron chi connectivity index (χ0n) is 15.0. The number of thiazole rings is 1. The van der Waals surface area contributed by atoms with E-state index in [2.05, 4.69) is 81.4 Å². The first-order chi connectivity index (χ1) is 12.5. The zero-order valence-corrected chi connectivity index (χ0v) is 16.7. The van der Waals surface area contributed by atoms with E-state index in [4.69, 9.17) is 4.98 Å². The van der Waals surface area contributed by atoms with Crippen molar-refractivity contribution in [1.82, 2.24) is 4.98 Å². The Balaban J connectivity index is 1.77. The molecule has 0 aliphatic heterocycles. The molecule has 2 aromatic heterocycles. The Morgan fingerprint density at radius 3 is 2.35 bits per heavy atom. The van der Waals surface area contributed by atoms with Gasteiger partial charge in [-0.05, 0) is 39.9 Å². The second-order valence-electron chi connectivity index (χ2n) is 7.75. The van der Waals surface area contributed by atoms with Gasteiger partial charge in [0.1, 0.15) is 14.5 Å². The summed E-state index contributed by atoms with van der Waals surface area (Å²) in [5.41, 5.74) is 3.85. The lowest BCUT2D eigenvalue weighted by atomic mass is 9.82. The van der Waals surface area contributed by atoms with Crippen LogP contribution in [-0.4, -0.2) is 4.98 Å². The second-order valence-corrected chi connectivity index (χ2v) is 10.1. The molecule has 0 saturated carbocycles. The van der Waals surface area contributed by atoms with Gasteiger partial charge < -0.3 is 0 Å². The third-order valence-electron chi connectivity index (χ3n) is 4.86. The Labute approximate surface area is 160 Å². The van der Waals surface area contributed by atoms with Crippen LogP contribution in [0.2, 0.25) is 0 Å². The molecule has 0 fully saturated rings. The van der Waals surface area contributed by atoms with Gasteiger partial charge in [0, 0.05) is 15.6 Å². The Hall–Kier alpha value is -2.23. The first-order valence-electron chi connectivity index (χ1n) is 8.82. The molecule has 0 radical (unpaired) electrons. The summed E-state index contributed by atoms with van der Waals surface area (Å²) in [7, 11) is 0. The molecular formula is C23H19NS2. The van der Waals surface area contributed by atoms with Gasteiger partial charge in [-0.15, -0.1) is 22.7 Å². The maximum atomic E-state index is 5.03. The SMILES string of the molecule is CC(C)(C)c1cc(-c2nc3c(s2)sc2ccccc23)cc2ccccc12. The van der Waals surface area contributed by atoms with E-state index in [0.29, 0.717) is 0 Å². The summed E-state index contributed by atoms with van der Waals surface area (Å²) in [6.07, 6.45) is 0. The molecule has 1 nitrogen and oxygen atoms in total. The molecule has 0 aliphatic rings. The number of aromatic nitrogens is 1. The van der Waals surface area contributed by atoms with Crippen molar-refractivity contribution in [3.63, 3.8) is 0 Å². The maximum Gasteiger partial charge on any atom is 0.125 e. The van der Waals surface area contributed by atoms with Crippen molar-refractivity contribution in [1.29, 1.82) is 0 Å². The molecule has 0 atom stereocenters. The van der Waals surface area contributed by atoms with Gasteiger partial charge in [-0.3, -0.25) is 0 Å². The molecule has 0 bridgehead atoms. The lowest BCUT2D eigenvalue weighted by Crippen LogP contribution is -2.11. The number of nitrogens with zero attached hydrogens (tertiary/aromatic N) is 1. The van der Waals surface area contributed by atoms with Crippen LogP contribution in [0, 0.1) is 0 Å². The highest BCUT2D eigenvalue weighted by atomic mass is 32.2. The summed E-state index contributed by atoms with van der Waals surface area (Å²) in [4.78, 5) is 5.03. The number of benzene rings is 3. The summed E-state index contributed by atoms with van der Waals surface area (Å²) in [6, 6.07) is 21.9. The van der Waals surface area contributed by atoms with Crippen molar-refractivity contribution >= 4 is 53.1 Å². The molecule has 26 heavy (non-hydrogen) atoms. The topological polar surface area (TPSA) is 12.9 Å². The van der Waals surface area contributed by atoms with E-state index in [1.54, 1.807) is 0 Å². The van der Waals surface area contributed by atoms with Crippen LogP contribution in [0.15, 0.2) is 60.7 Å². The largest absolute Gasteiger partial charge is 0.234 e. The molecule has 0 saturated heterocycles. The Morgan fingerprint density at radius 2 is 1.54 bits per heavy atom. The Morgan fingerprint density at radius 1 is 0.808 bits per heavy atom. The van der Waals surface area contributed by atoms with Gasteiger partial charge in [0.25, 0.3) is 0 Å². The molecule has 3 aromatic carbocycles. The van der Waals surface area contributed by atoms with Gasteiger partial charge in [-0.25, -0.2) is 4.98 Å². The highest BCUT2D eigenvalue weighted by Gasteiger charge is 2.20. The predicted octanol–water partition coefficient (Wildman–Crippen LogP) is 7.63. The minimum atomic E-state index is 0.0942. The van der Waals surface area contributed by atoms with Gasteiger partial charge in [0.2, 0.25) is 0 Å². The predicted molar refractivity (Wildman–Crippen MR) is 117 cm³/mol. The standard InChI is InChI=1S/C23H19NS2/c1-23(2,3)18-13-15(12-14-8-4-5-9-16(14)18)21-24-20-17-10-6-7-11-19(17)25-22(20)26-21/h4-13H,1-3H3. The van der Waals surface area contributed by atoms with E-state index >= 15 is 0 Å². The quantitative estimate of drug-likeness (QED) is 0.294. The van der Waals surface area contributed by atoms with Crippen LogP contribution in [-0.2, 0) is 5.41 Å². The summed E-state index contributed by atoms with van der Waals surface area (Å²) < 4.78 is 2.63. The van der Waals surface area contributed by atoms with Crippen molar-refractivity contribution in [3.05, 3.63) is 66.2 Å². The molecule has 5 aromatic rings. The minimum absolute atomic E-state index is 0.0942. The molecule has 128 valence electrons. The molecule has 3 heteroatoms. The molecule has 0 unspecified atom stereocenters. The molecule has 2 heterocycles. The van der Waals surface area contributed by atoms with Crippen LogP contribution in [0.3, 0.4) is 0 Å². The fourth-order valence-electron chi connectivity index (χ4n) is 3.57. The average molecular weight is 374 g/mol. The van der Waals surface area contributed by atoms with Crippen molar-refractivity contribution < 1.29 is 0 Å². The fraction of sp³-hybridized carbons (Fsp3) is 0.174. The third-order valence-corrected chi connectivity index (χ3v) is 7.21. The number of rotatable bonds is 1. The molecular weight excluding hydrogens is 354 g/mol. The van der Waals surface area contributed by atoms with E-state index in [0.717, 1.165) is 10.5 Å². The smallest absolute Gasteiger partial charge is 0.125 e. The van der Waals surface area contributed by atoms with E-state index in [-0.39, 0.29) is 5.41 Å². The van der Waals surface area contributed by atoms with E-state index < -0.39 is 0 Å². The number of thiophene rings is 1. The van der Waals surface area contributed by atoms with Crippen molar-refractivity contribution in [2.45, 2.75) is 26.2 Å². The average Bonchev–Trinajstić information content (AvgIpc) is 3.18. The molecule has 0 aliphatic carbocycles. The van der Waals surface area contributed by atoms with E-state index in [1.165, 1.54) is 36.0 Å². The van der Waals surface area contributed by atoms with Gasteiger partial charge in [0.15, 0.2) is 0 Å². The summed E-state index contributed by atoms with van der Waals surface area (Å²) in [6.45, 7) is 6.85. The van der Waals surface area contributed by atoms with Crippen LogP contribution < -0.4 is 0 Å². The van der Waals surface area contributed by atoms with Gasteiger partial charge in [-0.1, -0.05) is 63.2 Å². The minimum Gasteiger partial charge on any atom is -0.234 e. The Bertz CT molecular complexity index is 1270. The lowest BCUT2D eigenvalue weighted by molar-refractivity contribution is 0.596. The van der Waals surface area contributed by atoms with E-state index in [9.17, 15) is 0 Å².